The predicted octanol–water partition coefficient (Wildman–Crippen LogP) is 2.39. The Balaban J connectivity index is 1.49. The van der Waals surface area contributed by atoms with Crippen LogP contribution < -0.4 is 5.32 Å². The van der Waals surface area contributed by atoms with Gasteiger partial charge in [-0.1, -0.05) is 30.3 Å². The van der Waals surface area contributed by atoms with Crippen molar-refractivity contribution in [2.45, 2.75) is 25.2 Å². The van der Waals surface area contributed by atoms with Gasteiger partial charge in [0.1, 0.15) is 0 Å². The summed E-state index contributed by atoms with van der Waals surface area (Å²) >= 11 is 0. The number of benzene rings is 1. The molecule has 23 heavy (non-hydrogen) atoms. The van der Waals surface area contributed by atoms with Crippen molar-refractivity contribution in [3.8, 4) is 0 Å². The first-order valence-electron chi connectivity index (χ1n) is 8.95. The average molecular weight is 314 g/mol. The van der Waals surface area contributed by atoms with E-state index in [-0.39, 0.29) is 0 Å². The number of aliphatic imine (C=N–C) groups is 1. The lowest BCUT2D eigenvalue weighted by Gasteiger charge is -2.30. The molecule has 0 amide bonds. The van der Waals surface area contributed by atoms with Gasteiger partial charge in [0.2, 0.25) is 0 Å². The highest BCUT2D eigenvalue weighted by molar-refractivity contribution is 5.80. The number of hydrogen-bond donors (Lipinski definition) is 1. The van der Waals surface area contributed by atoms with Crippen LogP contribution in [0.5, 0.6) is 0 Å². The first-order chi connectivity index (χ1) is 11.3. The van der Waals surface area contributed by atoms with E-state index in [9.17, 15) is 0 Å². The van der Waals surface area contributed by atoms with Gasteiger partial charge in [-0.25, -0.2) is 0 Å². The molecule has 4 nitrogen and oxygen atoms in total. The molecular weight excluding hydrogens is 284 g/mol. The molecule has 0 radical (unpaired) electrons. The number of nitrogens with zero attached hydrogens (tertiary/aromatic N) is 3. The summed E-state index contributed by atoms with van der Waals surface area (Å²) in [7, 11) is 4.13. The van der Waals surface area contributed by atoms with Crippen LogP contribution >= 0.6 is 0 Å². The smallest absolute Gasteiger partial charge is 0.193 e. The number of likely N-dealkylation sites (tertiary alicyclic amines) is 2. The minimum atomic E-state index is 0.637. The maximum atomic E-state index is 4.52. The quantitative estimate of drug-likeness (QED) is 0.686. The lowest BCUT2D eigenvalue weighted by Crippen LogP contribution is -2.43. The molecule has 4 heteroatoms. The Kier molecular flexibility index (Phi) is 5.55. The van der Waals surface area contributed by atoms with Gasteiger partial charge in [-0.15, -0.1) is 0 Å². The molecule has 0 bridgehead atoms. The van der Waals surface area contributed by atoms with Gasteiger partial charge in [-0.2, -0.15) is 0 Å². The summed E-state index contributed by atoms with van der Waals surface area (Å²) in [5.74, 6) is 2.51. The van der Waals surface area contributed by atoms with Crippen molar-refractivity contribution in [3.05, 3.63) is 35.9 Å². The molecule has 1 atom stereocenters. The zero-order valence-electron chi connectivity index (χ0n) is 14.5. The van der Waals surface area contributed by atoms with E-state index in [4.69, 9.17) is 0 Å². The highest BCUT2D eigenvalue weighted by Crippen LogP contribution is 2.27. The molecule has 1 unspecified atom stereocenters. The molecule has 2 heterocycles. The summed E-state index contributed by atoms with van der Waals surface area (Å²) in [6.45, 7) is 5.70. The van der Waals surface area contributed by atoms with Crippen molar-refractivity contribution in [1.82, 2.24) is 15.1 Å². The fourth-order valence-corrected chi connectivity index (χ4v) is 3.78. The third-order valence-electron chi connectivity index (χ3n) is 5.36. The summed E-state index contributed by atoms with van der Waals surface area (Å²) in [6, 6.07) is 10.9. The zero-order chi connectivity index (χ0) is 16.1. The van der Waals surface area contributed by atoms with Gasteiger partial charge < -0.3 is 15.1 Å². The van der Waals surface area contributed by atoms with Crippen LogP contribution in [0.15, 0.2) is 35.3 Å². The van der Waals surface area contributed by atoms with Gasteiger partial charge in [-0.05, 0) is 50.9 Å². The van der Waals surface area contributed by atoms with Gasteiger partial charge in [0, 0.05) is 32.6 Å². The van der Waals surface area contributed by atoms with Gasteiger partial charge >= 0.3 is 0 Å². The molecule has 2 fully saturated rings. The summed E-state index contributed by atoms with van der Waals surface area (Å²) in [4.78, 5) is 9.37. The molecule has 126 valence electrons. The number of hydrogen-bond acceptors (Lipinski definition) is 2. The van der Waals surface area contributed by atoms with E-state index in [1.54, 1.807) is 0 Å². The predicted molar refractivity (Wildman–Crippen MR) is 97.0 cm³/mol. The Hall–Kier alpha value is -1.55. The van der Waals surface area contributed by atoms with E-state index < -0.39 is 0 Å². The summed E-state index contributed by atoms with van der Waals surface area (Å²) in [5, 5.41) is 3.63. The van der Waals surface area contributed by atoms with Crippen LogP contribution in [-0.4, -0.2) is 62.6 Å². The van der Waals surface area contributed by atoms with E-state index in [0.717, 1.165) is 31.5 Å². The van der Waals surface area contributed by atoms with Crippen LogP contribution in [0.3, 0.4) is 0 Å². The number of rotatable bonds is 3. The van der Waals surface area contributed by atoms with E-state index in [2.05, 4.69) is 57.5 Å². The molecule has 0 saturated carbocycles. The monoisotopic (exact) mass is 314 g/mol. The fraction of sp³-hybridized carbons (Fsp3) is 0.632. The first-order valence-corrected chi connectivity index (χ1v) is 8.95. The summed E-state index contributed by atoms with van der Waals surface area (Å²) in [5.41, 5.74) is 1.46. The molecule has 1 N–H and O–H groups in total. The number of nitrogens with one attached hydrogen (secondary N) is 1. The Morgan fingerprint density at radius 2 is 1.87 bits per heavy atom. The Labute approximate surface area is 140 Å². The van der Waals surface area contributed by atoms with Gasteiger partial charge in [0.25, 0.3) is 0 Å². The molecule has 3 rings (SSSR count). The van der Waals surface area contributed by atoms with Gasteiger partial charge in [0.15, 0.2) is 5.96 Å². The van der Waals surface area contributed by atoms with Crippen LogP contribution in [-0.2, 0) is 0 Å². The fourth-order valence-electron chi connectivity index (χ4n) is 3.78. The van der Waals surface area contributed by atoms with Crippen LogP contribution in [0, 0.1) is 5.92 Å². The van der Waals surface area contributed by atoms with Crippen LogP contribution in [0.2, 0.25) is 0 Å². The Bertz CT molecular complexity index is 505. The van der Waals surface area contributed by atoms with Crippen LogP contribution in [0.4, 0.5) is 0 Å². The highest BCUT2D eigenvalue weighted by Gasteiger charge is 2.26. The maximum Gasteiger partial charge on any atom is 0.193 e. The molecule has 0 spiro atoms. The number of guanidine groups is 1. The van der Waals surface area contributed by atoms with Crippen molar-refractivity contribution >= 4 is 5.96 Å². The minimum absolute atomic E-state index is 0.637. The second-order valence-corrected chi connectivity index (χ2v) is 7.02. The van der Waals surface area contributed by atoms with Crippen molar-refractivity contribution in [3.63, 3.8) is 0 Å². The van der Waals surface area contributed by atoms with Crippen molar-refractivity contribution in [1.29, 1.82) is 0 Å². The second-order valence-electron chi connectivity index (χ2n) is 7.02. The lowest BCUT2D eigenvalue weighted by molar-refractivity contribution is 0.219. The normalized spacial score (nSPS) is 24.2. The third-order valence-corrected chi connectivity index (χ3v) is 5.36. The molecule has 1 aromatic carbocycles. The van der Waals surface area contributed by atoms with E-state index in [1.165, 1.54) is 37.9 Å². The van der Waals surface area contributed by atoms with Gasteiger partial charge in [0.05, 0.1) is 0 Å². The Morgan fingerprint density at radius 3 is 2.57 bits per heavy atom. The molecule has 2 aliphatic heterocycles. The molecule has 1 aromatic rings. The second kappa shape index (κ2) is 7.82. The molecule has 2 aliphatic rings. The Morgan fingerprint density at radius 1 is 1.13 bits per heavy atom. The molecule has 0 aromatic heterocycles. The van der Waals surface area contributed by atoms with Crippen molar-refractivity contribution in [2.24, 2.45) is 10.9 Å². The summed E-state index contributed by atoms with van der Waals surface area (Å²) < 4.78 is 0. The average Bonchev–Trinajstić information content (AvgIpc) is 3.08. The maximum absolute atomic E-state index is 4.52. The molecular formula is C19H30N4. The molecule has 0 aliphatic carbocycles. The minimum Gasteiger partial charge on any atom is -0.356 e. The topological polar surface area (TPSA) is 30.9 Å². The lowest BCUT2D eigenvalue weighted by atomic mass is 9.97. The third kappa shape index (κ3) is 4.25. The summed E-state index contributed by atoms with van der Waals surface area (Å²) in [6.07, 6.45) is 3.82. The SMILES string of the molecule is CN=C(NCC1CCN(C)CC1)N1CCC(c2ccccc2)C1. The largest absolute Gasteiger partial charge is 0.356 e. The standard InChI is InChI=1S/C19H30N4/c1-20-19(21-14-16-8-11-22(2)12-9-16)23-13-10-18(15-23)17-6-4-3-5-7-17/h3-7,16,18H,8-15H2,1-2H3,(H,20,21). The van der Waals surface area contributed by atoms with Crippen molar-refractivity contribution in [2.75, 3.05) is 46.8 Å². The van der Waals surface area contributed by atoms with E-state index in [0.29, 0.717) is 5.92 Å². The number of piperidine rings is 1. The zero-order valence-corrected chi connectivity index (χ0v) is 14.5. The van der Waals surface area contributed by atoms with Crippen LogP contribution in [0.25, 0.3) is 0 Å². The van der Waals surface area contributed by atoms with Crippen LogP contribution in [0.1, 0.15) is 30.7 Å². The van der Waals surface area contributed by atoms with Gasteiger partial charge in [-0.3, -0.25) is 4.99 Å². The first kappa shape index (κ1) is 16.3. The molecule has 2 saturated heterocycles. The van der Waals surface area contributed by atoms with E-state index >= 15 is 0 Å². The highest BCUT2D eigenvalue weighted by atomic mass is 15.3. The van der Waals surface area contributed by atoms with Crippen molar-refractivity contribution < 1.29 is 0 Å². The van der Waals surface area contributed by atoms with E-state index in [1.807, 2.05) is 7.05 Å².